The van der Waals surface area contributed by atoms with Gasteiger partial charge in [0.1, 0.15) is 5.52 Å². The summed E-state index contributed by atoms with van der Waals surface area (Å²) in [5.74, 6) is 0. The third-order valence-electron chi connectivity index (χ3n) is 4.13. The summed E-state index contributed by atoms with van der Waals surface area (Å²) in [6.45, 7) is 4.36. The molecule has 5 nitrogen and oxygen atoms in total. The number of likely N-dealkylation sites (tertiary alicyclic amines) is 1. The van der Waals surface area contributed by atoms with Crippen LogP contribution in [-0.4, -0.2) is 52.7 Å². The number of aryl methyl sites for hydroxylation is 1. The highest BCUT2D eigenvalue weighted by atomic mass is 16.5. The molecule has 1 aromatic heterocycles. The van der Waals surface area contributed by atoms with Crippen molar-refractivity contribution < 1.29 is 4.74 Å². The minimum Gasteiger partial charge on any atom is -0.381 e. The number of aromatic nitrogens is 3. The molecule has 0 unspecified atom stereocenters. The molecule has 0 aliphatic carbocycles. The van der Waals surface area contributed by atoms with E-state index in [-0.39, 0.29) is 0 Å². The maximum atomic E-state index is 5.40. The number of piperidine rings is 1. The zero-order valence-electron chi connectivity index (χ0n) is 12.0. The molecule has 108 valence electrons. The Kier molecular flexibility index (Phi) is 4.28. The molecule has 0 atom stereocenters. The van der Waals surface area contributed by atoms with Crippen LogP contribution in [0.25, 0.3) is 11.0 Å². The molecule has 1 aromatic carbocycles. The van der Waals surface area contributed by atoms with E-state index < -0.39 is 0 Å². The van der Waals surface area contributed by atoms with Crippen molar-refractivity contribution in [2.45, 2.75) is 31.9 Å². The van der Waals surface area contributed by atoms with E-state index in [1.165, 1.54) is 0 Å². The smallest absolute Gasteiger partial charge is 0.113 e. The average Bonchev–Trinajstić information content (AvgIpc) is 2.92. The molecule has 1 fully saturated rings. The Bertz CT molecular complexity index is 546. The summed E-state index contributed by atoms with van der Waals surface area (Å²) in [5, 5.41) is 8.42. The summed E-state index contributed by atoms with van der Waals surface area (Å²) in [6.07, 6.45) is 3.89. The Morgan fingerprint density at radius 1 is 1.20 bits per heavy atom. The quantitative estimate of drug-likeness (QED) is 0.835. The zero-order valence-corrected chi connectivity index (χ0v) is 12.0. The number of nitrogens with zero attached hydrogens (tertiary/aromatic N) is 4. The Balaban J connectivity index is 1.48. The molecule has 2 heterocycles. The molecule has 1 saturated heterocycles. The van der Waals surface area contributed by atoms with Crippen LogP contribution in [0.3, 0.4) is 0 Å². The Morgan fingerprint density at radius 2 is 2.00 bits per heavy atom. The fourth-order valence-electron chi connectivity index (χ4n) is 2.90. The van der Waals surface area contributed by atoms with Gasteiger partial charge in [-0.3, -0.25) is 0 Å². The molecule has 0 spiro atoms. The largest absolute Gasteiger partial charge is 0.381 e. The van der Waals surface area contributed by atoms with Crippen molar-refractivity contribution >= 4 is 11.0 Å². The van der Waals surface area contributed by atoms with Crippen molar-refractivity contribution in [2.75, 3.05) is 26.7 Å². The van der Waals surface area contributed by atoms with E-state index in [2.05, 4.69) is 21.3 Å². The van der Waals surface area contributed by atoms with Gasteiger partial charge in [-0.15, -0.1) is 5.10 Å². The molecule has 20 heavy (non-hydrogen) atoms. The lowest BCUT2D eigenvalue weighted by Gasteiger charge is -2.31. The molecular formula is C15H22N4O. The van der Waals surface area contributed by atoms with Crippen molar-refractivity contribution in [1.29, 1.82) is 0 Å². The second-order valence-electron chi connectivity index (χ2n) is 5.43. The maximum absolute atomic E-state index is 5.40. The Hall–Kier alpha value is -1.46. The van der Waals surface area contributed by atoms with E-state index >= 15 is 0 Å². The van der Waals surface area contributed by atoms with E-state index in [0.29, 0.717) is 6.10 Å². The molecule has 1 aliphatic heterocycles. The van der Waals surface area contributed by atoms with Crippen molar-refractivity contribution in [3.05, 3.63) is 24.3 Å². The SMILES string of the molecule is COC1CCN(CCCn2nnc3ccccc32)CC1. The van der Waals surface area contributed by atoms with E-state index in [4.69, 9.17) is 4.74 Å². The number of methoxy groups -OCH3 is 1. The third-order valence-corrected chi connectivity index (χ3v) is 4.13. The van der Waals surface area contributed by atoms with Crippen molar-refractivity contribution in [3.8, 4) is 0 Å². The van der Waals surface area contributed by atoms with Gasteiger partial charge in [0.2, 0.25) is 0 Å². The van der Waals surface area contributed by atoms with Crippen LogP contribution in [0.1, 0.15) is 19.3 Å². The van der Waals surface area contributed by atoms with Crippen LogP contribution < -0.4 is 0 Å². The first-order valence-corrected chi connectivity index (χ1v) is 7.40. The molecule has 0 amide bonds. The van der Waals surface area contributed by atoms with Crippen LogP contribution in [0.5, 0.6) is 0 Å². The van der Waals surface area contributed by atoms with Crippen LogP contribution in [0.4, 0.5) is 0 Å². The van der Waals surface area contributed by atoms with Gasteiger partial charge in [0.05, 0.1) is 11.6 Å². The predicted octanol–water partition coefficient (Wildman–Crippen LogP) is 1.93. The zero-order chi connectivity index (χ0) is 13.8. The average molecular weight is 274 g/mol. The minimum absolute atomic E-state index is 0.463. The standard InChI is InChI=1S/C15H22N4O/c1-20-13-7-11-18(12-8-13)9-4-10-19-15-6-3-2-5-14(15)16-17-19/h2-3,5-6,13H,4,7-12H2,1H3. The number of rotatable bonds is 5. The molecule has 5 heteroatoms. The molecule has 2 aromatic rings. The molecule has 0 radical (unpaired) electrons. The summed E-state index contributed by atoms with van der Waals surface area (Å²) >= 11 is 0. The summed E-state index contributed by atoms with van der Waals surface area (Å²) in [4.78, 5) is 2.52. The van der Waals surface area contributed by atoms with Gasteiger partial charge in [0, 0.05) is 26.7 Å². The van der Waals surface area contributed by atoms with Gasteiger partial charge in [-0.1, -0.05) is 17.3 Å². The number of ether oxygens (including phenoxy) is 1. The molecule has 3 rings (SSSR count). The summed E-state index contributed by atoms with van der Waals surface area (Å²) in [5.41, 5.74) is 2.11. The second kappa shape index (κ2) is 6.33. The van der Waals surface area contributed by atoms with Gasteiger partial charge in [-0.05, 0) is 37.9 Å². The molecule has 0 bridgehead atoms. The summed E-state index contributed by atoms with van der Waals surface area (Å²) in [6, 6.07) is 8.13. The number of benzene rings is 1. The van der Waals surface area contributed by atoms with Crippen molar-refractivity contribution in [1.82, 2.24) is 19.9 Å². The lowest BCUT2D eigenvalue weighted by Crippen LogP contribution is -2.37. The van der Waals surface area contributed by atoms with E-state index in [9.17, 15) is 0 Å². The summed E-state index contributed by atoms with van der Waals surface area (Å²) in [7, 11) is 1.82. The van der Waals surface area contributed by atoms with Crippen molar-refractivity contribution in [3.63, 3.8) is 0 Å². The van der Waals surface area contributed by atoms with Crippen LogP contribution in [0, 0.1) is 0 Å². The van der Waals surface area contributed by atoms with Gasteiger partial charge in [-0.2, -0.15) is 0 Å². The Labute approximate surface area is 119 Å². The van der Waals surface area contributed by atoms with Crippen molar-refractivity contribution in [2.24, 2.45) is 0 Å². The van der Waals surface area contributed by atoms with E-state index in [1.807, 2.05) is 30.0 Å². The molecule has 0 N–H and O–H groups in total. The first-order chi connectivity index (χ1) is 9.86. The fraction of sp³-hybridized carbons (Fsp3) is 0.600. The number of hydrogen-bond donors (Lipinski definition) is 0. The highest BCUT2D eigenvalue weighted by molar-refractivity contribution is 5.73. The van der Waals surface area contributed by atoms with E-state index in [1.54, 1.807) is 0 Å². The molecule has 0 saturated carbocycles. The topological polar surface area (TPSA) is 43.2 Å². The maximum Gasteiger partial charge on any atom is 0.113 e. The van der Waals surface area contributed by atoms with Gasteiger partial charge in [-0.25, -0.2) is 4.68 Å². The van der Waals surface area contributed by atoms with Gasteiger partial charge in [0.15, 0.2) is 0 Å². The Morgan fingerprint density at radius 3 is 2.80 bits per heavy atom. The van der Waals surface area contributed by atoms with Crippen LogP contribution in [0.15, 0.2) is 24.3 Å². The highest BCUT2D eigenvalue weighted by Gasteiger charge is 2.18. The first-order valence-electron chi connectivity index (χ1n) is 7.40. The second-order valence-corrected chi connectivity index (χ2v) is 5.43. The van der Waals surface area contributed by atoms with Crippen LogP contribution in [0.2, 0.25) is 0 Å². The monoisotopic (exact) mass is 274 g/mol. The molecular weight excluding hydrogens is 252 g/mol. The first kappa shape index (κ1) is 13.5. The summed E-state index contributed by atoms with van der Waals surface area (Å²) < 4.78 is 7.41. The number of para-hydroxylation sites is 1. The number of hydrogen-bond acceptors (Lipinski definition) is 4. The van der Waals surface area contributed by atoms with E-state index in [0.717, 1.165) is 56.5 Å². The third kappa shape index (κ3) is 2.99. The minimum atomic E-state index is 0.463. The number of fused-ring (bicyclic) bond motifs is 1. The van der Waals surface area contributed by atoms with Gasteiger partial charge >= 0.3 is 0 Å². The van der Waals surface area contributed by atoms with Gasteiger partial charge in [0.25, 0.3) is 0 Å². The fourth-order valence-corrected chi connectivity index (χ4v) is 2.90. The normalized spacial score (nSPS) is 17.9. The molecule has 1 aliphatic rings. The van der Waals surface area contributed by atoms with Gasteiger partial charge < -0.3 is 9.64 Å². The predicted molar refractivity (Wildman–Crippen MR) is 78.6 cm³/mol. The van der Waals surface area contributed by atoms with Crippen LogP contribution in [-0.2, 0) is 11.3 Å². The lowest BCUT2D eigenvalue weighted by molar-refractivity contribution is 0.0405. The lowest BCUT2D eigenvalue weighted by atomic mass is 10.1. The van der Waals surface area contributed by atoms with Crippen LogP contribution >= 0.6 is 0 Å². The highest BCUT2D eigenvalue weighted by Crippen LogP contribution is 2.14.